The maximum Gasteiger partial charge on any atom is 0.201 e. The van der Waals surface area contributed by atoms with Crippen LogP contribution in [0.1, 0.15) is 15.9 Å². The van der Waals surface area contributed by atoms with Gasteiger partial charge in [-0.3, -0.25) is 4.79 Å². The average molecular weight is 284 g/mol. The second kappa shape index (κ2) is 5.32. The lowest BCUT2D eigenvalue weighted by atomic mass is 10.0. The second-order valence-electron chi connectivity index (χ2n) is 3.92. The first kappa shape index (κ1) is 14.0. The lowest BCUT2D eigenvalue weighted by Crippen LogP contribution is -2.10. The zero-order valence-corrected chi connectivity index (χ0v) is 10.2. The minimum absolute atomic E-state index is 0.115. The van der Waals surface area contributed by atoms with Gasteiger partial charge in [-0.25, -0.2) is 17.6 Å². The zero-order chi connectivity index (χ0) is 14.9. The van der Waals surface area contributed by atoms with Crippen LogP contribution in [-0.2, 0) is 0 Å². The number of rotatable bonds is 3. The molecule has 0 heterocycles. The highest BCUT2D eigenvalue weighted by Gasteiger charge is 2.23. The van der Waals surface area contributed by atoms with E-state index in [0.717, 1.165) is 24.3 Å². The van der Waals surface area contributed by atoms with E-state index in [9.17, 15) is 22.4 Å². The van der Waals surface area contributed by atoms with Crippen molar-refractivity contribution in [3.63, 3.8) is 0 Å². The number of hydrogen-bond acceptors (Lipinski definition) is 2. The lowest BCUT2D eigenvalue weighted by Gasteiger charge is -2.07. The Morgan fingerprint density at radius 2 is 1.55 bits per heavy atom. The Hall–Kier alpha value is -2.37. The molecule has 0 aromatic heterocycles. The van der Waals surface area contributed by atoms with Gasteiger partial charge in [-0.05, 0) is 12.1 Å². The van der Waals surface area contributed by atoms with Crippen molar-refractivity contribution < 1.29 is 27.1 Å². The summed E-state index contributed by atoms with van der Waals surface area (Å²) in [5.74, 6) is -5.78. The van der Waals surface area contributed by atoms with Crippen LogP contribution in [-0.4, -0.2) is 12.9 Å². The maximum absolute atomic E-state index is 13.7. The molecule has 0 atom stereocenters. The maximum atomic E-state index is 13.7. The topological polar surface area (TPSA) is 26.3 Å². The van der Waals surface area contributed by atoms with Crippen LogP contribution in [0.2, 0.25) is 0 Å². The Balaban J connectivity index is 2.54. The second-order valence-corrected chi connectivity index (χ2v) is 3.92. The molecule has 0 amide bonds. The molecule has 20 heavy (non-hydrogen) atoms. The Kier molecular flexibility index (Phi) is 3.74. The van der Waals surface area contributed by atoms with Crippen molar-refractivity contribution in [2.75, 3.05) is 7.11 Å². The van der Waals surface area contributed by atoms with Crippen LogP contribution < -0.4 is 4.74 Å². The van der Waals surface area contributed by atoms with Crippen molar-refractivity contribution in [1.29, 1.82) is 0 Å². The van der Waals surface area contributed by atoms with Crippen LogP contribution in [0.25, 0.3) is 0 Å². The molecule has 2 rings (SSSR count). The minimum atomic E-state index is -1.21. The van der Waals surface area contributed by atoms with E-state index in [1.165, 1.54) is 7.11 Å². The van der Waals surface area contributed by atoms with Crippen LogP contribution in [0.15, 0.2) is 30.3 Å². The number of halogens is 4. The summed E-state index contributed by atoms with van der Waals surface area (Å²) >= 11 is 0. The Labute approximate surface area is 111 Å². The molecule has 0 saturated heterocycles. The van der Waals surface area contributed by atoms with E-state index in [4.69, 9.17) is 0 Å². The predicted octanol–water partition coefficient (Wildman–Crippen LogP) is 3.48. The first-order valence-electron chi connectivity index (χ1n) is 5.47. The molecule has 0 aliphatic heterocycles. The summed E-state index contributed by atoms with van der Waals surface area (Å²) in [4.78, 5) is 11.9. The first-order valence-corrected chi connectivity index (χ1v) is 5.47. The summed E-state index contributed by atoms with van der Waals surface area (Å²) in [7, 11) is 1.20. The third-order valence-corrected chi connectivity index (χ3v) is 2.65. The van der Waals surface area contributed by atoms with Crippen molar-refractivity contribution >= 4 is 5.78 Å². The molecule has 0 radical (unpaired) electrons. The number of hydrogen-bond donors (Lipinski definition) is 0. The number of benzene rings is 2. The van der Waals surface area contributed by atoms with Crippen molar-refractivity contribution in [2.24, 2.45) is 0 Å². The van der Waals surface area contributed by atoms with Gasteiger partial charge in [-0.2, -0.15) is 0 Å². The van der Waals surface area contributed by atoms with E-state index in [-0.39, 0.29) is 5.75 Å². The van der Waals surface area contributed by atoms with Gasteiger partial charge in [0.2, 0.25) is 5.78 Å². The molecule has 6 heteroatoms. The van der Waals surface area contributed by atoms with Crippen molar-refractivity contribution in [3.8, 4) is 5.75 Å². The third kappa shape index (κ3) is 2.49. The predicted molar refractivity (Wildman–Crippen MR) is 62.7 cm³/mol. The summed E-state index contributed by atoms with van der Waals surface area (Å²) in [6, 6.07) is 3.73. The van der Waals surface area contributed by atoms with Gasteiger partial charge in [-0.15, -0.1) is 0 Å². The van der Waals surface area contributed by atoms with Crippen molar-refractivity contribution in [1.82, 2.24) is 0 Å². The van der Waals surface area contributed by atoms with Crippen molar-refractivity contribution in [2.45, 2.75) is 0 Å². The van der Waals surface area contributed by atoms with Gasteiger partial charge in [0.25, 0.3) is 0 Å². The normalized spacial score (nSPS) is 10.4. The third-order valence-electron chi connectivity index (χ3n) is 2.65. The number of methoxy groups -OCH3 is 1. The van der Waals surface area contributed by atoms with Gasteiger partial charge < -0.3 is 4.74 Å². The number of ether oxygens (including phenoxy) is 1. The van der Waals surface area contributed by atoms with E-state index in [0.29, 0.717) is 6.07 Å². The van der Waals surface area contributed by atoms with Gasteiger partial charge in [0, 0.05) is 18.2 Å². The molecule has 0 saturated carbocycles. The largest absolute Gasteiger partial charge is 0.497 e. The summed E-state index contributed by atoms with van der Waals surface area (Å²) < 4.78 is 58.3. The average Bonchev–Trinajstić information content (AvgIpc) is 2.37. The molecule has 0 aliphatic carbocycles. The van der Waals surface area contributed by atoms with Gasteiger partial charge in [0.1, 0.15) is 29.0 Å². The van der Waals surface area contributed by atoms with Gasteiger partial charge in [0.05, 0.1) is 18.2 Å². The van der Waals surface area contributed by atoms with Crippen molar-refractivity contribution in [3.05, 3.63) is 64.7 Å². The van der Waals surface area contributed by atoms with Crippen LogP contribution in [0, 0.1) is 23.3 Å². The molecule has 0 fully saturated rings. The zero-order valence-electron chi connectivity index (χ0n) is 10.2. The highest BCUT2D eigenvalue weighted by Crippen LogP contribution is 2.24. The quantitative estimate of drug-likeness (QED) is 0.637. The monoisotopic (exact) mass is 284 g/mol. The fourth-order valence-corrected chi connectivity index (χ4v) is 1.69. The lowest BCUT2D eigenvalue weighted by molar-refractivity contribution is 0.102. The molecule has 2 nitrogen and oxygen atoms in total. The fourth-order valence-electron chi connectivity index (χ4n) is 1.69. The molecule has 0 unspecified atom stereocenters. The molecule has 0 aliphatic rings. The number of carbonyl (C=O) groups is 1. The molecular formula is C14H8F4O2. The molecule has 104 valence electrons. The van der Waals surface area contributed by atoms with E-state index in [1.807, 2.05) is 0 Å². The Morgan fingerprint density at radius 1 is 0.950 bits per heavy atom. The van der Waals surface area contributed by atoms with Crippen LogP contribution in [0.5, 0.6) is 5.75 Å². The summed E-state index contributed by atoms with van der Waals surface area (Å²) in [5, 5.41) is 0. The molecule has 2 aromatic carbocycles. The molecule has 2 aromatic rings. The van der Waals surface area contributed by atoms with E-state index in [1.54, 1.807) is 0 Å². The van der Waals surface area contributed by atoms with Crippen LogP contribution in [0.3, 0.4) is 0 Å². The smallest absolute Gasteiger partial charge is 0.201 e. The highest BCUT2D eigenvalue weighted by molar-refractivity contribution is 6.09. The number of ketones is 1. The fraction of sp³-hybridized carbons (Fsp3) is 0.0714. The van der Waals surface area contributed by atoms with Crippen LogP contribution >= 0.6 is 0 Å². The Morgan fingerprint density at radius 3 is 2.05 bits per heavy atom. The highest BCUT2D eigenvalue weighted by atomic mass is 19.1. The molecule has 0 spiro atoms. The first-order chi connectivity index (χ1) is 9.43. The Bertz CT molecular complexity index is 660. The van der Waals surface area contributed by atoms with Crippen LogP contribution in [0.4, 0.5) is 17.6 Å². The summed E-state index contributed by atoms with van der Waals surface area (Å²) in [5.41, 5.74) is -1.54. The molecule has 0 bridgehead atoms. The van der Waals surface area contributed by atoms with E-state index < -0.39 is 40.2 Å². The van der Waals surface area contributed by atoms with Gasteiger partial charge in [-0.1, -0.05) is 0 Å². The minimum Gasteiger partial charge on any atom is -0.497 e. The summed E-state index contributed by atoms with van der Waals surface area (Å²) in [6.07, 6.45) is 0. The summed E-state index contributed by atoms with van der Waals surface area (Å²) in [6.45, 7) is 0. The SMILES string of the molecule is COc1cc(F)c(C(=O)c2ccc(F)cc2F)c(F)c1. The number of carbonyl (C=O) groups excluding carboxylic acids is 1. The molecular weight excluding hydrogens is 276 g/mol. The van der Waals surface area contributed by atoms with E-state index in [2.05, 4.69) is 4.74 Å². The molecule has 0 N–H and O–H groups in total. The van der Waals surface area contributed by atoms with Gasteiger partial charge in [0.15, 0.2) is 0 Å². The van der Waals surface area contributed by atoms with Gasteiger partial charge >= 0.3 is 0 Å². The standard InChI is InChI=1S/C14H8F4O2/c1-20-8-5-11(17)13(12(18)6-8)14(19)9-3-2-7(15)4-10(9)16/h2-6H,1H3. The van der Waals surface area contributed by atoms with E-state index >= 15 is 0 Å².